The number of hydrogen-bond acceptors (Lipinski definition) is 6. The molecule has 2 aromatic carbocycles. The molecule has 0 radical (unpaired) electrons. The number of aryl methyl sites for hydroxylation is 1. The molecule has 216 valence electrons. The molecule has 1 saturated heterocycles. The van der Waals surface area contributed by atoms with Gasteiger partial charge in [0.05, 0.1) is 7.11 Å². The standard InChI is InChI=1S/C35H42N2O4.Na/c1-22(34(38)39)33(24-7-8-24)27-9-6-23-11-13-30(41-31(23)19-27)26-10-12-29(25-14-16-36-32(20-25)40-4)28(18-26)21-37-17-5-15-35(37,2)3;/h6,9-10,12,14,16,18-20,22,24,30,33H,5,7-8,11,13,15,17,21H2,1-4H3,(H,38,39);/q;+1/p-1/t22-,30?,33-;/m0./s1. The number of methoxy groups -OCH3 is 1. The van der Waals surface area contributed by atoms with Gasteiger partial charge in [-0.1, -0.05) is 37.3 Å². The molecule has 0 spiro atoms. The normalized spacial score (nSPS) is 21.0. The number of rotatable bonds is 9. The maximum atomic E-state index is 11.8. The number of aliphatic carboxylic acids is 1. The molecule has 0 N–H and O–H groups in total. The van der Waals surface area contributed by atoms with E-state index in [1.807, 2.05) is 6.07 Å². The number of carbonyl (C=O) groups excluding carboxylic acids is 1. The van der Waals surface area contributed by atoms with Crippen molar-refractivity contribution < 1.29 is 48.9 Å². The van der Waals surface area contributed by atoms with Crippen LogP contribution in [0, 0.1) is 11.8 Å². The Morgan fingerprint density at radius 3 is 2.64 bits per heavy atom. The predicted molar refractivity (Wildman–Crippen MR) is 158 cm³/mol. The number of benzene rings is 2. The summed E-state index contributed by atoms with van der Waals surface area (Å²) in [4.78, 5) is 18.7. The summed E-state index contributed by atoms with van der Waals surface area (Å²) in [5.74, 6) is 0.397. The van der Waals surface area contributed by atoms with Crippen molar-refractivity contribution in [1.82, 2.24) is 9.88 Å². The minimum absolute atomic E-state index is 0. The van der Waals surface area contributed by atoms with E-state index in [1.54, 1.807) is 20.2 Å². The van der Waals surface area contributed by atoms with Crippen LogP contribution in [-0.4, -0.2) is 35.0 Å². The molecule has 2 fully saturated rings. The zero-order chi connectivity index (χ0) is 28.7. The number of nitrogens with zero attached hydrogens (tertiary/aromatic N) is 2. The van der Waals surface area contributed by atoms with E-state index in [4.69, 9.17) is 9.47 Å². The first-order valence-electron chi connectivity index (χ1n) is 15.1. The molecule has 1 aromatic heterocycles. The van der Waals surface area contributed by atoms with E-state index >= 15 is 0 Å². The molecule has 1 aliphatic carbocycles. The Morgan fingerprint density at radius 1 is 1.14 bits per heavy atom. The molecule has 6 nitrogen and oxygen atoms in total. The Morgan fingerprint density at radius 2 is 1.95 bits per heavy atom. The number of pyridine rings is 1. The molecule has 42 heavy (non-hydrogen) atoms. The van der Waals surface area contributed by atoms with Gasteiger partial charge in [0.1, 0.15) is 11.9 Å². The molecular formula is C35H41N2NaO4. The summed E-state index contributed by atoms with van der Waals surface area (Å²) < 4.78 is 12.1. The van der Waals surface area contributed by atoms with Crippen molar-refractivity contribution in [1.29, 1.82) is 0 Å². The molecule has 3 aliphatic rings. The van der Waals surface area contributed by atoms with Crippen molar-refractivity contribution in [2.75, 3.05) is 13.7 Å². The Kier molecular flexibility index (Phi) is 9.39. The molecule has 0 bridgehead atoms. The molecule has 0 amide bonds. The number of hydrogen-bond donors (Lipinski definition) is 0. The summed E-state index contributed by atoms with van der Waals surface area (Å²) in [5, 5.41) is 11.8. The Labute approximate surface area is 272 Å². The molecule has 2 aliphatic heterocycles. The van der Waals surface area contributed by atoms with Crippen LogP contribution in [0.5, 0.6) is 11.6 Å². The van der Waals surface area contributed by atoms with Gasteiger partial charge in [-0.25, -0.2) is 4.98 Å². The van der Waals surface area contributed by atoms with Gasteiger partial charge in [0.2, 0.25) is 5.88 Å². The second kappa shape index (κ2) is 12.7. The molecule has 6 rings (SSSR count). The first-order chi connectivity index (χ1) is 19.7. The van der Waals surface area contributed by atoms with Gasteiger partial charge < -0.3 is 19.4 Å². The minimum Gasteiger partial charge on any atom is -0.550 e. The van der Waals surface area contributed by atoms with Crippen LogP contribution in [0.4, 0.5) is 0 Å². The molecule has 1 unspecified atom stereocenters. The monoisotopic (exact) mass is 576 g/mol. The smallest absolute Gasteiger partial charge is 0.550 e. The van der Waals surface area contributed by atoms with E-state index in [9.17, 15) is 9.90 Å². The summed E-state index contributed by atoms with van der Waals surface area (Å²) in [5.41, 5.74) is 7.18. The van der Waals surface area contributed by atoms with Crippen LogP contribution in [0.15, 0.2) is 54.7 Å². The second-order valence-electron chi connectivity index (χ2n) is 12.8. The number of carboxylic acid groups (broad SMARTS) is 1. The van der Waals surface area contributed by atoms with Gasteiger partial charge in [0.25, 0.3) is 0 Å². The van der Waals surface area contributed by atoms with Gasteiger partial charge >= 0.3 is 29.6 Å². The van der Waals surface area contributed by atoms with Crippen molar-refractivity contribution in [3.63, 3.8) is 0 Å². The van der Waals surface area contributed by atoms with Crippen LogP contribution >= 0.6 is 0 Å². The number of likely N-dealkylation sites (tertiary alicyclic amines) is 1. The van der Waals surface area contributed by atoms with Crippen LogP contribution in [0.2, 0.25) is 0 Å². The second-order valence-corrected chi connectivity index (χ2v) is 12.8. The van der Waals surface area contributed by atoms with E-state index in [2.05, 4.69) is 66.2 Å². The molecule has 3 heterocycles. The van der Waals surface area contributed by atoms with Gasteiger partial charge in [0, 0.05) is 36.2 Å². The number of ether oxygens (including phenoxy) is 2. The fourth-order valence-corrected chi connectivity index (χ4v) is 6.98. The Hall–Kier alpha value is -2.38. The van der Waals surface area contributed by atoms with Gasteiger partial charge in [-0.15, -0.1) is 0 Å². The third kappa shape index (κ3) is 6.42. The largest absolute Gasteiger partial charge is 1.00 e. The quantitative estimate of drug-likeness (QED) is 0.365. The molecular weight excluding hydrogens is 535 g/mol. The van der Waals surface area contributed by atoms with E-state index in [1.165, 1.54) is 35.1 Å². The van der Waals surface area contributed by atoms with Crippen LogP contribution in [0.1, 0.15) is 87.2 Å². The van der Waals surface area contributed by atoms with Crippen molar-refractivity contribution in [2.24, 2.45) is 11.8 Å². The zero-order valence-electron chi connectivity index (χ0n) is 25.7. The first kappa shape index (κ1) is 31.1. The topological polar surface area (TPSA) is 74.7 Å². The molecule has 1 saturated carbocycles. The van der Waals surface area contributed by atoms with Crippen LogP contribution in [-0.2, 0) is 17.8 Å². The maximum absolute atomic E-state index is 11.8. The fourth-order valence-electron chi connectivity index (χ4n) is 6.98. The van der Waals surface area contributed by atoms with E-state index in [-0.39, 0.29) is 47.1 Å². The summed E-state index contributed by atoms with van der Waals surface area (Å²) in [6.07, 6.45) is 8.17. The van der Waals surface area contributed by atoms with E-state index in [0.717, 1.165) is 55.6 Å². The maximum Gasteiger partial charge on any atom is 1.00 e. The minimum atomic E-state index is -0.973. The molecule has 3 aromatic rings. The van der Waals surface area contributed by atoms with E-state index < -0.39 is 11.9 Å². The predicted octanol–water partition coefficient (Wildman–Crippen LogP) is 3.08. The van der Waals surface area contributed by atoms with Crippen molar-refractivity contribution in [2.45, 2.75) is 83.4 Å². The van der Waals surface area contributed by atoms with Crippen molar-refractivity contribution in [3.8, 4) is 22.8 Å². The van der Waals surface area contributed by atoms with E-state index in [0.29, 0.717) is 11.8 Å². The van der Waals surface area contributed by atoms with Gasteiger partial charge in [0.15, 0.2) is 0 Å². The SMILES string of the molecule is COc1cc(-c2ccc(C3CCc4ccc([C@H](C5CC5)[C@H](C)C(=O)[O-])cc4O3)cc2CN2CCCC2(C)C)ccn1.[Na+]. The first-order valence-corrected chi connectivity index (χ1v) is 15.1. The fraction of sp³-hybridized carbons (Fsp3) is 0.486. The summed E-state index contributed by atoms with van der Waals surface area (Å²) >= 11 is 0. The summed E-state index contributed by atoms with van der Waals surface area (Å²) in [7, 11) is 1.65. The zero-order valence-corrected chi connectivity index (χ0v) is 27.7. The van der Waals surface area contributed by atoms with Crippen molar-refractivity contribution >= 4 is 5.97 Å². The van der Waals surface area contributed by atoms with Crippen LogP contribution in [0.3, 0.4) is 0 Å². The van der Waals surface area contributed by atoms with Gasteiger partial charge in [-0.2, -0.15) is 0 Å². The summed E-state index contributed by atoms with van der Waals surface area (Å²) in [6.45, 7) is 8.43. The third-order valence-corrected chi connectivity index (χ3v) is 9.65. The third-order valence-electron chi connectivity index (χ3n) is 9.65. The van der Waals surface area contributed by atoms with Crippen LogP contribution in [0.25, 0.3) is 11.1 Å². The number of fused-ring (bicyclic) bond motifs is 1. The number of carbonyl (C=O) groups is 1. The number of carboxylic acids is 1. The Balaban J connectivity index is 0.00000353. The van der Waals surface area contributed by atoms with Gasteiger partial charge in [-0.3, -0.25) is 4.90 Å². The molecule has 7 heteroatoms. The van der Waals surface area contributed by atoms with Gasteiger partial charge in [-0.05, 0) is 116 Å². The number of aromatic nitrogens is 1. The van der Waals surface area contributed by atoms with Crippen molar-refractivity contribution in [3.05, 3.63) is 77.0 Å². The molecule has 3 atom stereocenters. The van der Waals surface area contributed by atoms with Crippen LogP contribution < -0.4 is 44.1 Å². The average Bonchev–Trinajstić information content (AvgIpc) is 3.75. The Bertz CT molecular complexity index is 1440. The summed E-state index contributed by atoms with van der Waals surface area (Å²) in [6, 6.07) is 17.2. The average molecular weight is 577 g/mol.